The topological polar surface area (TPSA) is 51.7 Å². The number of likely N-dealkylation sites (tertiary alicyclic amines) is 1. The molecule has 22 heavy (non-hydrogen) atoms. The van der Waals surface area contributed by atoms with E-state index in [4.69, 9.17) is 9.47 Å². The molecule has 0 saturated carbocycles. The van der Waals surface area contributed by atoms with Crippen molar-refractivity contribution in [3.8, 4) is 5.75 Å². The first kappa shape index (κ1) is 17.1. The van der Waals surface area contributed by atoms with Crippen molar-refractivity contribution in [2.45, 2.75) is 32.6 Å². The number of hydrogen-bond donors (Lipinski definition) is 0. The van der Waals surface area contributed by atoms with E-state index >= 15 is 0 Å². The smallest absolute Gasteiger partial charge is 0.409 e. The lowest BCUT2D eigenvalue weighted by atomic mass is 9.98. The van der Waals surface area contributed by atoms with Gasteiger partial charge in [0.2, 0.25) is 0 Å². The number of rotatable bonds is 6. The zero-order chi connectivity index (χ0) is 15.8. The molecule has 1 aliphatic heterocycles. The first-order chi connectivity index (χ1) is 10.7. The SMILES string of the molecule is CCCCOC(=O)N1CCC(COc2ccc(Br)nc2)CC1. The molecule has 1 aromatic heterocycles. The summed E-state index contributed by atoms with van der Waals surface area (Å²) in [6, 6.07) is 3.77. The number of carbonyl (C=O) groups excluding carboxylic acids is 1. The number of piperidine rings is 1. The Hall–Kier alpha value is -1.30. The van der Waals surface area contributed by atoms with Crippen LogP contribution in [-0.4, -0.2) is 42.3 Å². The Morgan fingerprint density at radius 3 is 2.82 bits per heavy atom. The molecule has 1 fully saturated rings. The number of hydrogen-bond acceptors (Lipinski definition) is 4. The molecule has 0 atom stereocenters. The molecule has 122 valence electrons. The minimum atomic E-state index is -0.176. The monoisotopic (exact) mass is 370 g/mol. The van der Waals surface area contributed by atoms with Gasteiger partial charge in [-0.05, 0) is 53.2 Å². The third kappa shape index (κ3) is 5.48. The first-order valence-corrected chi connectivity index (χ1v) is 8.64. The van der Waals surface area contributed by atoms with Crippen LogP contribution in [0.1, 0.15) is 32.6 Å². The highest BCUT2D eigenvalue weighted by molar-refractivity contribution is 9.10. The number of halogens is 1. The van der Waals surface area contributed by atoms with Gasteiger partial charge in [0.15, 0.2) is 0 Å². The highest BCUT2D eigenvalue weighted by Gasteiger charge is 2.24. The van der Waals surface area contributed by atoms with E-state index in [0.29, 0.717) is 19.1 Å². The predicted octanol–water partition coefficient (Wildman–Crippen LogP) is 3.87. The highest BCUT2D eigenvalue weighted by Crippen LogP contribution is 2.20. The second-order valence-corrected chi connectivity index (χ2v) is 6.34. The molecule has 2 rings (SSSR count). The molecule has 0 aliphatic carbocycles. The lowest BCUT2D eigenvalue weighted by Gasteiger charge is -2.31. The number of carbonyl (C=O) groups is 1. The highest BCUT2D eigenvalue weighted by atomic mass is 79.9. The Balaban J connectivity index is 1.66. The maximum Gasteiger partial charge on any atom is 0.409 e. The second kappa shape index (κ2) is 8.98. The average Bonchev–Trinajstić information content (AvgIpc) is 2.55. The van der Waals surface area contributed by atoms with E-state index in [-0.39, 0.29) is 6.09 Å². The minimum absolute atomic E-state index is 0.176. The van der Waals surface area contributed by atoms with Crippen molar-refractivity contribution in [3.63, 3.8) is 0 Å². The van der Waals surface area contributed by atoms with Crippen molar-refractivity contribution in [1.82, 2.24) is 9.88 Å². The Labute approximate surface area is 140 Å². The number of amides is 1. The van der Waals surface area contributed by atoms with Gasteiger partial charge in [0.25, 0.3) is 0 Å². The average molecular weight is 371 g/mol. The van der Waals surface area contributed by atoms with Crippen LogP contribution in [0.4, 0.5) is 4.79 Å². The van der Waals surface area contributed by atoms with E-state index in [1.165, 1.54) is 0 Å². The van der Waals surface area contributed by atoms with Gasteiger partial charge in [0.05, 0.1) is 19.4 Å². The van der Waals surface area contributed by atoms with Gasteiger partial charge < -0.3 is 14.4 Å². The van der Waals surface area contributed by atoms with Gasteiger partial charge in [-0.15, -0.1) is 0 Å². The number of nitrogens with zero attached hydrogens (tertiary/aromatic N) is 2. The number of ether oxygens (including phenoxy) is 2. The van der Waals surface area contributed by atoms with E-state index in [2.05, 4.69) is 27.8 Å². The molecule has 5 nitrogen and oxygen atoms in total. The Morgan fingerprint density at radius 1 is 1.41 bits per heavy atom. The third-order valence-electron chi connectivity index (χ3n) is 3.78. The molecule has 0 unspecified atom stereocenters. The lowest BCUT2D eigenvalue weighted by molar-refractivity contribution is 0.0800. The van der Waals surface area contributed by atoms with Gasteiger partial charge >= 0.3 is 6.09 Å². The third-order valence-corrected chi connectivity index (χ3v) is 4.25. The fourth-order valence-electron chi connectivity index (χ4n) is 2.34. The molecule has 0 bridgehead atoms. The van der Waals surface area contributed by atoms with Crippen LogP contribution < -0.4 is 4.74 Å². The molecule has 0 N–H and O–H groups in total. The molecule has 0 radical (unpaired) electrons. The first-order valence-electron chi connectivity index (χ1n) is 7.85. The normalized spacial score (nSPS) is 15.6. The molecule has 6 heteroatoms. The van der Waals surface area contributed by atoms with Gasteiger partial charge in [0.1, 0.15) is 10.4 Å². The van der Waals surface area contributed by atoms with Gasteiger partial charge in [-0.3, -0.25) is 0 Å². The van der Waals surface area contributed by atoms with Crippen LogP contribution in [-0.2, 0) is 4.74 Å². The number of pyridine rings is 1. The molecule has 2 heterocycles. The fourth-order valence-corrected chi connectivity index (χ4v) is 2.57. The summed E-state index contributed by atoms with van der Waals surface area (Å²) in [4.78, 5) is 17.8. The maximum atomic E-state index is 11.9. The van der Waals surface area contributed by atoms with Crippen molar-refractivity contribution < 1.29 is 14.3 Å². The van der Waals surface area contributed by atoms with Crippen LogP contribution in [0.15, 0.2) is 22.9 Å². The van der Waals surface area contributed by atoms with Crippen molar-refractivity contribution in [3.05, 3.63) is 22.9 Å². The van der Waals surface area contributed by atoms with Crippen LogP contribution in [0, 0.1) is 5.92 Å². The van der Waals surface area contributed by atoms with E-state index < -0.39 is 0 Å². The summed E-state index contributed by atoms with van der Waals surface area (Å²) in [7, 11) is 0. The van der Waals surface area contributed by atoms with Crippen molar-refractivity contribution in [2.24, 2.45) is 5.92 Å². The lowest BCUT2D eigenvalue weighted by Crippen LogP contribution is -2.40. The quantitative estimate of drug-likeness (QED) is 0.563. The molecular formula is C16H23BrN2O3. The summed E-state index contributed by atoms with van der Waals surface area (Å²) < 4.78 is 11.8. The maximum absolute atomic E-state index is 11.9. The van der Waals surface area contributed by atoms with Crippen LogP contribution in [0.3, 0.4) is 0 Å². The summed E-state index contributed by atoms with van der Waals surface area (Å²) in [6.07, 6.45) is 5.41. The second-order valence-electron chi connectivity index (χ2n) is 5.53. The van der Waals surface area contributed by atoms with Gasteiger partial charge in [-0.2, -0.15) is 0 Å². The van der Waals surface area contributed by atoms with Gasteiger partial charge in [-0.25, -0.2) is 9.78 Å². The van der Waals surface area contributed by atoms with E-state index in [9.17, 15) is 4.79 Å². The Kier molecular flexibility index (Phi) is 6.96. The standard InChI is InChI=1S/C16H23BrN2O3/c1-2-3-10-21-16(20)19-8-6-13(7-9-19)12-22-14-4-5-15(17)18-11-14/h4-5,11,13H,2-3,6-10,12H2,1H3. The van der Waals surface area contributed by atoms with Crippen LogP contribution in [0.5, 0.6) is 5.75 Å². The number of aromatic nitrogens is 1. The Morgan fingerprint density at radius 2 is 2.18 bits per heavy atom. The molecule has 0 spiro atoms. The summed E-state index contributed by atoms with van der Waals surface area (Å²) in [5.41, 5.74) is 0. The van der Waals surface area contributed by atoms with Crippen molar-refractivity contribution in [1.29, 1.82) is 0 Å². The molecule has 0 aromatic carbocycles. The summed E-state index contributed by atoms with van der Waals surface area (Å²) >= 11 is 3.30. The van der Waals surface area contributed by atoms with E-state index in [1.807, 2.05) is 12.1 Å². The van der Waals surface area contributed by atoms with E-state index in [0.717, 1.165) is 49.1 Å². The Bertz CT molecular complexity index is 459. The fraction of sp³-hybridized carbons (Fsp3) is 0.625. The summed E-state index contributed by atoms with van der Waals surface area (Å²) in [5.74, 6) is 1.26. The molecule has 1 amide bonds. The van der Waals surface area contributed by atoms with Crippen LogP contribution in [0.2, 0.25) is 0 Å². The largest absolute Gasteiger partial charge is 0.492 e. The summed E-state index contributed by atoms with van der Waals surface area (Å²) in [6.45, 7) is 4.77. The van der Waals surface area contributed by atoms with E-state index in [1.54, 1.807) is 11.1 Å². The van der Waals surface area contributed by atoms with Crippen molar-refractivity contribution in [2.75, 3.05) is 26.3 Å². The molecule has 1 aromatic rings. The molecule has 1 aliphatic rings. The van der Waals surface area contributed by atoms with Crippen LogP contribution >= 0.6 is 15.9 Å². The molecule has 1 saturated heterocycles. The number of unbranched alkanes of at least 4 members (excludes halogenated alkanes) is 1. The van der Waals surface area contributed by atoms with Crippen LogP contribution in [0.25, 0.3) is 0 Å². The molecular weight excluding hydrogens is 348 g/mol. The zero-order valence-corrected chi connectivity index (χ0v) is 14.5. The summed E-state index contributed by atoms with van der Waals surface area (Å²) in [5, 5.41) is 0. The zero-order valence-electron chi connectivity index (χ0n) is 13.0. The van der Waals surface area contributed by atoms with Crippen molar-refractivity contribution >= 4 is 22.0 Å². The minimum Gasteiger partial charge on any atom is -0.492 e. The predicted molar refractivity (Wildman–Crippen MR) is 88.0 cm³/mol. The van der Waals surface area contributed by atoms with Gasteiger partial charge in [-0.1, -0.05) is 13.3 Å². The van der Waals surface area contributed by atoms with Gasteiger partial charge in [0, 0.05) is 13.1 Å².